The second kappa shape index (κ2) is 9.98. The summed E-state index contributed by atoms with van der Waals surface area (Å²) in [5.74, 6) is -1.52. The number of carbonyl (C=O) groups excluding carboxylic acids is 1. The van der Waals surface area contributed by atoms with Crippen LogP contribution in [0.3, 0.4) is 0 Å². The van der Waals surface area contributed by atoms with Crippen molar-refractivity contribution in [1.29, 1.82) is 0 Å². The van der Waals surface area contributed by atoms with Crippen LogP contribution in [0, 0.1) is 6.92 Å². The van der Waals surface area contributed by atoms with Crippen molar-refractivity contribution in [3.8, 4) is 5.75 Å². The van der Waals surface area contributed by atoms with Gasteiger partial charge in [-0.3, -0.25) is 4.79 Å². The van der Waals surface area contributed by atoms with E-state index in [2.05, 4.69) is 10.5 Å². The van der Waals surface area contributed by atoms with Crippen LogP contribution in [-0.2, 0) is 19.7 Å². The number of phenols is 1. The molecule has 11 heteroatoms. The van der Waals surface area contributed by atoms with Crippen LogP contribution < -0.4 is 5.43 Å². The number of hydrazone groups is 1. The molecule has 2 aromatic heterocycles. The van der Waals surface area contributed by atoms with Crippen LogP contribution in [-0.4, -0.2) is 50.0 Å². The molecule has 34 heavy (non-hydrogen) atoms. The molecule has 3 aromatic rings. The molecule has 2 heterocycles. The molecule has 1 amide bonds. The van der Waals surface area contributed by atoms with Crippen molar-refractivity contribution < 1.29 is 26.7 Å². The van der Waals surface area contributed by atoms with Gasteiger partial charge in [0.2, 0.25) is 0 Å². The van der Waals surface area contributed by atoms with Gasteiger partial charge in [0.15, 0.2) is 19.7 Å². The molecule has 0 aliphatic heterocycles. The Kier molecular flexibility index (Phi) is 7.47. The molecule has 3 rings (SSSR count). The van der Waals surface area contributed by atoms with Gasteiger partial charge in [0.1, 0.15) is 21.2 Å². The molecule has 0 unspecified atom stereocenters. The van der Waals surface area contributed by atoms with Gasteiger partial charge in [0, 0.05) is 11.8 Å². The lowest BCUT2D eigenvalue weighted by atomic mass is 10.2. The Hall–Kier alpha value is -3.18. The average Bonchev–Trinajstić information content (AvgIpc) is 3.13. The molecule has 0 aliphatic rings. The Bertz CT molecular complexity index is 1470. The van der Waals surface area contributed by atoms with Crippen LogP contribution in [0.5, 0.6) is 5.75 Å². The van der Waals surface area contributed by atoms with Gasteiger partial charge in [-0.05, 0) is 43.5 Å². The van der Waals surface area contributed by atoms with E-state index in [1.807, 2.05) is 0 Å². The molecule has 9 nitrogen and oxygen atoms in total. The van der Waals surface area contributed by atoms with E-state index >= 15 is 0 Å². The van der Waals surface area contributed by atoms with Crippen LogP contribution in [0.1, 0.15) is 48.3 Å². The fourth-order valence-corrected chi connectivity index (χ4v) is 7.80. The normalized spacial score (nSPS) is 12.4. The van der Waals surface area contributed by atoms with E-state index in [1.165, 1.54) is 22.9 Å². The van der Waals surface area contributed by atoms with Crippen molar-refractivity contribution in [2.45, 2.75) is 43.4 Å². The zero-order chi connectivity index (χ0) is 25.1. The summed E-state index contributed by atoms with van der Waals surface area (Å²) >= 11 is 0. The number of hydrogen-bond acceptors (Lipinski definition) is 7. The number of rotatable bonds is 9. The zero-order valence-electron chi connectivity index (χ0n) is 19.1. The molecular weight excluding hydrogens is 478 g/mol. The minimum absolute atomic E-state index is 0.0524. The van der Waals surface area contributed by atoms with E-state index < -0.39 is 30.5 Å². The molecule has 0 atom stereocenters. The predicted octanol–water partition coefficient (Wildman–Crippen LogP) is 3.08. The Labute approximate surface area is 199 Å². The number of para-hydroxylation sites is 1. The van der Waals surface area contributed by atoms with E-state index in [1.54, 1.807) is 51.1 Å². The third kappa shape index (κ3) is 4.85. The first-order chi connectivity index (χ1) is 16.0. The summed E-state index contributed by atoms with van der Waals surface area (Å²) in [6.07, 6.45) is 3.20. The highest BCUT2D eigenvalue weighted by Crippen LogP contribution is 2.35. The maximum atomic E-state index is 13.3. The van der Waals surface area contributed by atoms with Crippen LogP contribution in [0.15, 0.2) is 57.5 Å². The maximum absolute atomic E-state index is 13.3. The first-order valence-electron chi connectivity index (χ1n) is 10.8. The standard InChI is InChI=1S/C23H27N3O6S2/c1-4-13-33(29,30)21-19-16(3)9-8-12-26(19)20(22(21)34(31,32)14-5-2)23(28)25-24-15-17-10-6-7-11-18(17)27/h6-12,15,27H,4-5,13-14H2,1-3H3,(H,25,28)/b24-15+. The number of amides is 1. The minimum atomic E-state index is -4.13. The topological polar surface area (TPSA) is 134 Å². The van der Waals surface area contributed by atoms with Crippen LogP contribution in [0.2, 0.25) is 0 Å². The minimum Gasteiger partial charge on any atom is -0.507 e. The second-order valence-electron chi connectivity index (χ2n) is 7.81. The van der Waals surface area contributed by atoms with Crippen molar-refractivity contribution in [2.24, 2.45) is 5.10 Å². The molecule has 0 spiro atoms. The van der Waals surface area contributed by atoms with Gasteiger partial charge in [-0.15, -0.1) is 0 Å². The summed E-state index contributed by atoms with van der Waals surface area (Å²) in [7, 11) is -8.16. The lowest BCUT2D eigenvalue weighted by Gasteiger charge is -2.09. The number of nitrogens with zero attached hydrogens (tertiary/aromatic N) is 2. The number of fused-ring (bicyclic) bond motifs is 1. The number of aryl methyl sites for hydroxylation is 1. The summed E-state index contributed by atoms with van der Waals surface area (Å²) < 4.78 is 54.5. The lowest BCUT2D eigenvalue weighted by molar-refractivity contribution is 0.0945. The first kappa shape index (κ1) is 25.4. The number of sulfone groups is 2. The molecule has 0 bridgehead atoms. The summed E-state index contributed by atoms with van der Waals surface area (Å²) in [6, 6.07) is 9.60. The van der Waals surface area contributed by atoms with E-state index in [0.717, 1.165) is 0 Å². The van der Waals surface area contributed by atoms with Crippen molar-refractivity contribution in [1.82, 2.24) is 9.83 Å². The van der Waals surface area contributed by atoms with Gasteiger partial charge in [-0.1, -0.05) is 32.0 Å². The number of aromatic hydroxyl groups is 1. The number of pyridine rings is 1. The quantitative estimate of drug-likeness (QED) is 0.339. The molecule has 0 saturated heterocycles. The Morgan fingerprint density at radius 1 is 1.00 bits per heavy atom. The molecular formula is C23H27N3O6S2. The smallest absolute Gasteiger partial charge is 0.289 e. The zero-order valence-corrected chi connectivity index (χ0v) is 20.8. The van der Waals surface area contributed by atoms with Crippen LogP contribution in [0.25, 0.3) is 5.52 Å². The van der Waals surface area contributed by atoms with Gasteiger partial charge in [0.05, 0.1) is 23.2 Å². The summed E-state index contributed by atoms with van der Waals surface area (Å²) in [6.45, 7) is 5.01. The molecule has 2 N–H and O–H groups in total. The molecule has 0 aliphatic carbocycles. The van der Waals surface area contributed by atoms with E-state index in [9.17, 15) is 26.7 Å². The highest BCUT2D eigenvalue weighted by atomic mass is 32.2. The second-order valence-corrected chi connectivity index (χ2v) is 11.9. The largest absolute Gasteiger partial charge is 0.507 e. The summed E-state index contributed by atoms with van der Waals surface area (Å²) in [5.41, 5.74) is 2.96. The van der Waals surface area contributed by atoms with Gasteiger partial charge in [0.25, 0.3) is 5.91 Å². The summed E-state index contributed by atoms with van der Waals surface area (Å²) in [5, 5.41) is 13.7. The Balaban J connectivity index is 2.28. The number of carbonyl (C=O) groups is 1. The van der Waals surface area contributed by atoms with E-state index in [-0.39, 0.29) is 46.2 Å². The maximum Gasteiger partial charge on any atom is 0.289 e. The van der Waals surface area contributed by atoms with Gasteiger partial charge < -0.3 is 9.51 Å². The van der Waals surface area contributed by atoms with Crippen LogP contribution >= 0.6 is 0 Å². The van der Waals surface area contributed by atoms with Gasteiger partial charge in [-0.2, -0.15) is 5.10 Å². The van der Waals surface area contributed by atoms with Crippen molar-refractivity contribution >= 4 is 37.3 Å². The fourth-order valence-electron chi connectivity index (χ4n) is 3.76. The average molecular weight is 506 g/mol. The Morgan fingerprint density at radius 3 is 2.24 bits per heavy atom. The Morgan fingerprint density at radius 2 is 1.62 bits per heavy atom. The third-order valence-electron chi connectivity index (χ3n) is 5.16. The van der Waals surface area contributed by atoms with Crippen molar-refractivity contribution in [2.75, 3.05) is 11.5 Å². The molecule has 0 saturated carbocycles. The third-order valence-corrected chi connectivity index (χ3v) is 9.22. The molecule has 0 radical (unpaired) electrons. The van der Waals surface area contributed by atoms with Gasteiger partial charge >= 0.3 is 0 Å². The molecule has 0 fully saturated rings. The van der Waals surface area contributed by atoms with Gasteiger partial charge in [-0.25, -0.2) is 22.3 Å². The first-order valence-corrected chi connectivity index (χ1v) is 14.1. The predicted molar refractivity (Wildman–Crippen MR) is 130 cm³/mol. The summed E-state index contributed by atoms with van der Waals surface area (Å²) in [4.78, 5) is 12.4. The highest BCUT2D eigenvalue weighted by molar-refractivity contribution is 7.94. The number of hydrogen-bond donors (Lipinski definition) is 2. The van der Waals surface area contributed by atoms with E-state index in [4.69, 9.17) is 0 Å². The lowest BCUT2D eigenvalue weighted by Crippen LogP contribution is -2.23. The number of aromatic nitrogens is 1. The highest BCUT2D eigenvalue weighted by Gasteiger charge is 2.37. The van der Waals surface area contributed by atoms with Crippen molar-refractivity contribution in [3.05, 3.63) is 59.4 Å². The number of phenolic OH excluding ortho intramolecular Hbond substituents is 1. The fraction of sp³-hybridized carbons (Fsp3) is 0.304. The molecule has 182 valence electrons. The van der Waals surface area contributed by atoms with E-state index in [0.29, 0.717) is 11.1 Å². The molecule has 1 aromatic carbocycles. The SMILES string of the molecule is CCCS(=O)(=O)c1c(S(=O)(=O)CCC)c2c(C)cccn2c1C(=O)N/N=C/c1ccccc1O. The van der Waals surface area contributed by atoms with Crippen molar-refractivity contribution in [3.63, 3.8) is 0 Å². The van der Waals surface area contributed by atoms with Crippen LogP contribution in [0.4, 0.5) is 0 Å². The number of nitrogens with one attached hydrogen (secondary N) is 1. The monoisotopic (exact) mass is 505 g/mol. The number of benzene rings is 1.